The minimum absolute atomic E-state index is 0.0141. The molecule has 0 N–H and O–H groups in total. The van der Waals surface area contributed by atoms with Crippen molar-refractivity contribution in [2.45, 2.75) is 44.2 Å². The van der Waals surface area contributed by atoms with Gasteiger partial charge in [0.25, 0.3) is 5.91 Å². The molecule has 0 aliphatic carbocycles. The monoisotopic (exact) mass is 316 g/mol. The van der Waals surface area contributed by atoms with Crippen LogP contribution in [0.15, 0.2) is 30.3 Å². The summed E-state index contributed by atoms with van der Waals surface area (Å²) in [6.45, 7) is 5.79. The smallest absolute Gasteiger partial charge is 0.254 e. The summed E-state index contributed by atoms with van der Waals surface area (Å²) in [5.74, 6) is 0.156. The van der Waals surface area contributed by atoms with Gasteiger partial charge in [0.2, 0.25) is 0 Å². The third-order valence-electron chi connectivity index (χ3n) is 5.43. The second-order valence-electron chi connectivity index (χ2n) is 6.94. The minimum Gasteiger partial charge on any atom is -0.375 e. The van der Waals surface area contributed by atoms with Gasteiger partial charge in [-0.05, 0) is 51.8 Å². The molecule has 0 saturated carbocycles. The van der Waals surface area contributed by atoms with Gasteiger partial charge in [0.1, 0.15) is 0 Å². The quantitative estimate of drug-likeness (QED) is 0.859. The number of carbonyl (C=O) groups is 1. The summed E-state index contributed by atoms with van der Waals surface area (Å²) in [5, 5.41) is 0. The molecule has 0 unspecified atom stereocenters. The first-order chi connectivity index (χ1) is 11.1. The Labute approximate surface area is 139 Å². The van der Waals surface area contributed by atoms with Gasteiger partial charge < -0.3 is 14.5 Å². The lowest BCUT2D eigenvalue weighted by molar-refractivity contribution is -0.127. The summed E-state index contributed by atoms with van der Waals surface area (Å²) in [7, 11) is 2.17. The van der Waals surface area contributed by atoms with Gasteiger partial charge in [-0.15, -0.1) is 0 Å². The van der Waals surface area contributed by atoms with Gasteiger partial charge in [-0.3, -0.25) is 4.79 Å². The Hall–Kier alpha value is -1.39. The van der Waals surface area contributed by atoms with E-state index in [0.717, 1.165) is 57.5 Å². The van der Waals surface area contributed by atoms with Crippen molar-refractivity contribution >= 4 is 5.91 Å². The number of hydrogen-bond acceptors (Lipinski definition) is 3. The van der Waals surface area contributed by atoms with Crippen molar-refractivity contribution in [2.24, 2.45) is 0 Å². The van der Waals surface area contributed by atoms with Gasteiger partial charge in [0.05, 0.1) is 5.60 Å². The molecule has 4 nitrogen and oxygen atoms in total. The van der Waals surface area contributed by atoms with Crippen LogP contribution in [0.3, 0.4) is 0 Å². The first-order valence-corrected chi connectivity index (χ1v) is 8.82. The molecule has 4 heteroatoms. The van der Waals surface area contributed by atoms with E-state index < -0.39 is 0 Å². The highest BCUT2D eigenvalue weighted by Crippen LogP contribution is 2.36. The fourth-order valence-corrected chi connectivity index (χ4v) is 3.96. The van der Waals surface area contributed by atoms with Crippen molar-refractivity contribution in [2.75, 3.05) is 33.3 Å². The van der Waals surface area contributed by atoms with E-state index in [2.05, 4.69) is 23.8 Å². The number of amides is 1. The molecule has 126 valence electrons. The maximum atomic E-state index is 12.9. The number of piperidine rings is 1. The molecule has 2 saturated heterocycles. The van der Waals surface area contributed by atoms with Crippen molar-refractivity contribution in [1.29, 1.82) is 0 Å². The molecule has 2 fully saturated rings. The van der Waals surface area contributed by atoms with E-state index in [-0.39, 0.29) is 11.5 Å². The van der Waals surface area contributed by atoms with Gasteiger partial charge in [0.15, 0.2) is 0 Å². The van der Waals surface area contributed by atoms with E-state index in [1.807, 2.05) is 30.3 Å². The fraction of sp³-hybridized carbons (Fsp3) is 0.632. The summed E-state index contributed by atoms with van der Waals surface area (Å²) in [6.07, 6.45) is 4.09. The largest absolute Gasteiger partial charge is 0.375 e. The molecule has 0 bridgehead atoms. The van der Waals surface area contributed by atoms with Gasteiger partial charge in [0, 0.05) is 37.8 Å². The lowest BCUT2D eigenvalue weighted by Crippen LogP contribution is -2.54. The Kier molecular flexibility index (Phi) is 5.02. The van der Waals surface area contributed by atoms with Crippen LogP contribution in [-0.2, 0) is 4.74 Å². The topological polar surface area (TPSA) is 32.8 Å². The molecular formula is C19H28N2O2. The van der Waals surface area contributed by atoms with Gasteiger partial charge in [-0.1, -0.05) is 18.2 Å². The molecule has 2 heterocycles. The molecule has 1 atom stereocenters. The van der Waals surface area contributed by atoms with E-state index in [9.17, 15) is 4.79 Å². The Morgan fingerprint density at radius 3 is 2.65 bits per heavy atom. The van der Waals surface area contributed by atoms with Crippen molar-refractivity contribution in [3.8, 4) is 0 Å². The average molecular weight is 316 g/mol. The lowest BCUT2D eigenvalue weighted by Gasteiger charge is -2.47. The number of hydrogen-bond donors (Lipinski definition) is 0. The highest BCUT2D eigenvalue weighted by Gasteiger charge is 2.42. The van der Waals surface area contributed by atoms with Crippen molar-refractivity contribution in [1.82, 2.24) is 9.80 Å². The normalized spacial score (nSPS) is 24.5. The molecule has 1 amide bonds. The number of nitrogens with zero attached hydrogens (tertiary/aromatic N) is 2. The van der Waals surface area contributed by atoms with Crippen LogP contribution in [0.5, 0.6) is 0 Å². The van der Waals surface area contributed by atoms with E-state index in [4.69, 9.17) is 4.74 Å². The van der Waals surface area contributed by atoms with Crippen LogP contribution in [0.2, 0.25) is 0 Å². The predicted molar refractivity (Wildman–Crippen MR) is 91.6 cm³/mol. The zero-order valence-electron chi connectivity index (χ0n) is 14.3. The highest BCUT2D eigenvalue weighted by atomic mass is 16.5. The van der Waals surface area contributed by atoms with Crippen LogP contribution in [0.1, 0.15) is 43.0 Å². The van der Waals surface area contributed by atoms with Crippen molar-refractivity contribution in [3.63, 3.8) is 0 Å². The van der Waals surface area contributed by atoms with Crippen molar-refractivity contribution in [3.05, 3.63) is 35.9 Å². The molecular weight excluding hydrogens is 288 g/mol. The highest BCUT2D eigenvalue weighted by molar-refractivity contribution is 5.94. The Morgan fingerprint density at radius 2 is 2.00 bits per heavy atom. The molecule has 1 aromatic carbocycles. The maximum absolute atomic E-state index is 12.9. The van der Waals surface area contributed by atoms with Crippen LogP contribution in [-0.4, -0.2) is 60.6 Å². The summed E-state index contributed by atoms with van der Waals surface area (Å²) >= 11 is 0. The molecule has 0 aromatic heterocycles. The molecule has 3 rings (SSSR count). The third-order valence-corrected chi connectivity index (χ3v) is 5.43. The summed E-state index contributed by atoms with van der Waals surface area (Å²) < 4.78 is 6.20. The third kappa shape index (κ3) is 3.59. The van der Waals surface area contributed by atoms with E-state index in [0.29, 0.717) is 6.04 Å². The molecule has 1 aromatic rings. The predicted octanol–water partition coefficient (Wildman–Crippen LogP) is 2.79. The Balaban J connectivity index is 1.72. The zero-order chi connectivity index (χ0) is 16.3. The molecule has 23 heavy (non-hydrogen) atoms. The number of benzene rings is 1. The Bertz CT molecular complexity index is 523. The second-order valence-corrected chi connectivity index (χ2v) is 6.94. The van der Waals surface area contributed by atoms with Gasteiger partial charge in [-0.25, -0.2) is 0 Å². The molecule has 2 aliphatic heterocycles. The van der Waals surface area contributed by atoms with Crippen LogP contribution < -0.4 is 0 Å². The minimum atomic E-state index is -0.0141. The number of rotatable bonds is 3. The number of carbonyl (C=O) groups excluding carboxylic acids is 1. The maximum Gasteiger partial charge on any atom is 0.254 e. The zero-order valence-corrected chi connectivity index (χ0v) is 14.3. The summed E-state index contributed by atoms with van der Waals surface area (Å²) in [6, 6.07) is 9.94. The van der Waals surface area contributed by atoms with E-state index in [1.165, 1.54) is 0 Å². The van der Waals surface area contributed by atoms with Crippen LogP contribution in [0.25, 0.3) is 0 Å². The van der Waals surface area contributed by atoms with Gasteiger partial charge in [-0.2, -0.15) is 0 Å². The van der Waals surface area contributed by atoms with Crippen LogP contribution in [0, 0.1) is 0 Å². The Morgan fingerprint density at radius 1 is 1.30 bits per heavy atom. The fourth-order valence-electron chi connectivity index (χ4n) is 3.96. The van der Waals surface area contributed by atoms with E-state index in [1.54, 1.807) is 0 Å². The van der Waals surface area contributed by atoms with E-state index >= 15 is 0 Å². The van der Waals surface area contributed by atoms with Crippen LogP contribution in [0.4, 0.5) is 0 Å². The van der Waals surface area contributed by atoms with Crippen molar-refractivity contribution < 1.29 is 9.53 Å². The van der Waals surface area contributed by atoms with Gasteiger partial charge >= 0.3 is 0 Å². The average Bonchev–Trinajstić information content (AvgIpc) is 2.59. The molecule has 2 aliphatic rings. The number of ether oxygens (including phenoxy) is 1. The summed E-state index contributed by atoms with van der Waals surface area (Å²) in [5.41, 5.74) is 0.776. The molecule has 0 radical (unpaired) electrons. The standard InChI is InChI=1S/C19H28N2O2/c1-3-21(18(22)16-7-5-4-6-8-16)17-9-14-23-19(15-17)10-12-20(2)13-11-19/h4-8,17H,3,9-15H2,1-2H3/t17-/m0/s1. The number of likely N-dealkylation sites (tertiary alicyclic amines) is 1. The summed E-state index contributed by atoms with van der Waals surface area (Å²) in [4.78, 5) is 17.3. The molecule has 1 spiro atoms. The first kappa shape index (κ1) is 16.5. The lowest BCUT2D eigenvalue weighted by atomic mass is 9.82. The SMILES string of the molecule is CCN(C(=O)c1ccccc1)[C@H]1CCOC2(CCN(C)CC2)C1. The second kappa shape index (κ2) is 7.02. The van der Waals surface area contributed by atoms with Crippen LogP contribution >= 0.6 is 0 Å². The first-order valence-electron chi connectivity index (χ1n) is 8.82.